The molecule has 118 valence electrons. The monoisotopic (exact) mass is 306 g/mol. The van der Waals surface area contributed by atoms with E-state index in [9.17, 15) is 20.4 Å². The van der Waals surface area contributed by atoms with Crippen LogP contribution in [-0.2, 0) is 11.2 Å². The first-order chi connectivity index (χ1) is 10.6. The molecule has 0 radical (unpaired) electrons. The number of aromatic nitrogens is 1. The maximum atomic E-state index is 10.4. The van der Waals surface area contributed by atoms with Gasteiger partial charge in [-0.15, -0.1) is 0 Å². The Morgan fingerprint density at radius 1 is 0.955 bits per heavy atom. The zero-order valence-electron chi connectivity index (χ0n) is 11.9. The van der Waals surface area contributed by atoms with Crippen molar-refractivity contribution < 1.29 is 25.2 Å². The molecule has 0 spiro atoms. The molecule has 0 saturated carbocycles. The Hall–Kier alpha value is -2.54. The van der Waals surface area contributed by atoms with Gasteiger partial charge in [0.15, 0.2) is 0 Å². The minimum absolute atomic E-state index is 0.0285. The number of phenols is 2. The summed E-state index contributed by atoms with van der Waals surface area (Å²) in [6.45, 7) is 2.20. The van der Waals surface area contributed by atoms with Crippen molar-refractivity contribution in [1.82, 2.24) is 4.68 Å². The van der Waals surface area contributed by atoms with E-state index in [-0.39, 0.29) is 29.7 Å². The van der Waals surface area contributed by atoms with E-state index in [1.165, 1.54) is 22.9 Å². The van der Waals surface area contributed by atoms with Gasteiger partial charge >= 0.3 is 0 Å². The topological polar surface area (TPSA) is 98.3 Å². The SMILES string of the molecule is Oc1ccc(Cc2cc(O)n(N3CCOCC3)c2O)c(O)c1. The first kappa shape index (κ1) is 14.4. The molecule has 0 unspecified atom stereocenters. The third-order valence-electron chi connectivity index (χ3n) is 3.73. The zero-order chi connectivity index (χ0) is 15.7. The highest BCUT2D eigenvalue weighted by Gasteiger charge is 2.21. The molecule has 0 amide bonds. The van der Waals surface area contributed by atoms with Gasteiger partial charge in [-0.2, -0.15) is 4.68 Å². The number of benzene rings is 1. The highest BCUT2D eigenvalue weighted by atomic mass is 16.5. The highest BCUT2D eigenvalue weighted by molar-refractivity contribution is 5.46. The molecule has 2 heterocycles. The summed E-state index contributed by atoms with van der Waals surface area (Å²) in [5.74, 6) is -0.211. The van der Waals surface area contributed by atoms with Crippen LogP contribution >= 0.6 is 0 Å². The molecular weight excluding hydrogens is 288 g/mol. The smallest absolute Gasteiger partial charge is 0.217 e. The van der Waals surface area contributed by atoms with E-state index >= 15 is 0 Å². The van der Waals surface area contributed by atoms with E-state index < -0.39 is 0 Å². The lowest BCUT2D eigenvalue weighted by atomic mass is 10.1. The van der Waals surface area contributed by atoms with E-state index in [0.717, 1.165) is 0 Å². The molecule has 22 heavy (non-hydrogen) atoms. The summed E-state index contributed by atoms with van der Waals surface area (Å²) in [4.78, 5) is 0. The van der Waals surface area contributed by atoms with Gasteiger partial charge in [0.05, 0.1) is 26.3 Å². The third kappa shape index (κ3) is 2.62. The van der Waals surface area contributed by atoms with Crippen molar-refractivity contribution in [2.24, 2.45) is 0 Å². The number of rotatable bonds is 3. The van der Waals surface area contributed by atoms with Crippen LogP contribution < -0.4 is 5.01 Å². The molecule has 4 N–H and O–H groups in total. The molecule has 1 saturated heterocycles. The second-order valence-corrected chi connectivity index (χ2v) is 5.22. The van der Waals surface area contributed by atoms with Crippen LogP contribution in [0.3, 0.4) is 0 Å². The van der Waals surface area contributed by atoms with Crippen LogP contribution in [0.25, 0.3) is 0 Å². The molecule has 7 nitrogen and oxygen atoms in total. The van der Waals surface area contributed by atoms with Crippen molar-refractivity contribution in [3.05, 3.63) is 35.4 Å². The molecule has 1 aromatic heterocycles. The molecule has 1 aromatic carbocycles. The lowest BCUT2D eigenvalue weighted by Gasteiger charge is -2.30. The van der Waals surface area contributed by atoms with Crippen LogP contribution in [0.4, 0.5) is 0 Å². The predicted molar refractivity (Wildman–Crippen MR) is 79.1 cm³/mol. The van der Waals surface area contributed by atoms with Gasteiger partial charge in [0.25, 0.3) is 0 Å². The quantitative estimate of drug-likeness (QED) is 0.672. The van der Waals surface area contributed by atoms with Crippen LogP contribution in [0.1, 0.15) is 11.1 Å². The molecule has 1 fully saturated rings. The summed E-state index contributed by atoms with van der Waals surface area (Å²) in [5, 5.41) is 41.4. The van der Waals surface area contributed by atoms with Gasteiger partial charge in [-0.25, -0.2) is 0 Å². The Labute approximate surface area is 127 Å². The average molecular weight is 306 g/mol. The fourth-order valence-corrected chi connectivity index (χ4v) is 2.60. The van der Waals surface area contributed by atoms with Gasteiger partial charge in [0.1, 0.15) is 11.5 Å². The standard InChI is InChI=1S/C15H18N2O5/c18-12-2-1-10(13(19)9-12)7-11-8-14(20)17(15(11)21)16-3-5-22-6-4-16/h1-2,8-9,18-21H,3-7H2. The number of aromatic hydroxyl groups is 4. The summed E-state index contributed by atoms with van der Waals surface area (Å²) in [5.41, 5.74) is 1.04. The van der Waals surface area contributed by atoms with Crippen molar-refractivity contribution in [2.45, 2.75) is 6.42 Å². The predicted octanol–water partition coefficient (Wildman–Crippen LogP) is 0.869. The van der Waals surface area contributed by atoms with Crippen LogP contribution in [0, 0.1) is 0 Å². The first-order valence-electron chi connectivity index (χ1n) is 7.02. The van der Waals surface area contributed by atoms with Crippen molar-refractivity contribution in [1.29, 1.82) is 0 Å². The number of morpholine rings is 1. The van der Waals surface area contributed by atoms with Gasteiger partial charge in [-0.3, -0.25) is 0 Å². The van der Waals surface area contributed by atoms with E-state index in [2.05, 4.69) is 0 Å². The van der Waals surface area contributed by atoms with Gasteiger partial charge < -0.3 is 30.2 Å². The average Bonchev–Trinajstić information content (AvgIpc) is 2.77. The highest BCUT2D eigenvalue weighted by Crippen LogP contribution is 2.32. The molecule has 1 aliphatic rings. The number of ether oxygens (including phenoxy) is 1. The molecule has 0 atom stereocenters. The van der Waals surface area contributed by atoms with E-state index in [1.807, 2.05) is 0 Å². The maximum Gasteiger partial charge on any atom is 0.217 e. The van der Waals surface area contributed by atoms with Gasteiger partial charge in [0.2, 0.25) is 11.8 Å². The van der Waals surface area contributed by atoms with Crippen LogP contribution in [0.5, 0.6) is 23.3 Å². The second kappa shape index (κ2) is 5.69. The summed E-state index contributed by atoms with van der Waals surface area (Å²) in [7, 11) is 0. The van der Waals surface area contributed by atoms with E-state index in [0.29, 0.717) is 37.4 Å². The van der Waals surface area contributed by atoms with Gasteiger partial charge in [-0.1, -0.05) is 6.07 Å². The number of phenolic OH excluding ortho intramolecular Hbond substituents is 2. The van der Waals surface area contributed by atoms with Crippen molar-refractivity contribution in [3.63, 3.8) is 0 Å². The maximum absolute atomic E-state index is 10.4. The fraction of sp³-hybridized carbons (Fsp3) is 0.333. The summed E-state index contributed by atoms with van der Waals surface area (Å²) < 4.78 is 6.61. The molecule has 0 bridgehead atoms. The Morgan fingerprint density at radius 2 is 1.68 bits per heavy atom. The van der Waals surface area contributed by atoms with Crippen LogP contribution in [-0.4, -0.2) is 51.4 Å². The van der Waals surface area contributed by atoms with E-state index in [1.54, 1.807) is 11.1 Å². The molecule has 0 aliphatic carbocycles. The molecule has 1 aliphatic heterocycles. The van der Waals surface area contributed by atoms with Crippen LogP contribution in [0.2, 0.25) is 0 Å². The van der Waals surface area contributed by atoms with Crippen LogP contribution in [0.15, 0.2) is 24.3 Å². The van der Waals surface area contributed by atoms with Gasteiger partial charge in [-0.05, 0) is 11.6 Å². The minimum atomic E-state index is -0.0631. The molecule has 3 rings (SSSR count). The number of hydrogen-bond donors (Lipinski definition) is 4. The fourth-order valence-electron chi connectivity index (χ4n) is 2.60. The van der Waals surface area contributed by atoms with Crippen molar-refractivity contribution >= 4 is 0 Å². The van der Waals surface area contributed by atoms with Gasteiger partial charge in [0, 0.05) is 24.1 Å². The second-order valence-electron chi connectivity index (χ2n) is 5.22. The van der Waals surface area contributed by atoms with E-state index in [4.69, 9.17) is 4.74 Å². The Balaban J connectivity index is 1.88. The Kier molecular flexibility index (Phi) is 3.72. The normalized spacial score (nSPS) is 15.2. The largest absolute Gasteiger partial charge is 0.508 e. The lowest BCUT2D eigenvalue weighted by molar-refractivity contribution is 0.108. The number of nitrogens with zero attached hydrogens (tertiary/aromatic N) is 2. The molecule has 7 heteroatoms. The zero-order valence-corrected chi connectivity index (χ0v) is 11.9. The lowest BCUT2D eigenvalue weighted by Crippen LogP contribution is -2.43. The Morgan fingerprint density at radius 3 is 2.36 bits per heavy atom. The summed E-state index contributed by atoms with van der Waals surface area (Å²) in [6, 6.07) is 5.75. The van der Waals surface area contributed by atoms with Crippen molar-refractivity contribution in [2.75, 3.05) is 31.3 Å². The number of hydrogen-bond acceptors (Lipinski definition) is 6. The summed E-state index contributed by atoms with van der Waals surface area (Å²) >= 11 is 0. The minimum Gasteiger partial charge on any atom is -0.508 e. The third-order valence-corrected chi connectivity index (χ3v) is 3.73. The Bertz CT molecular complexity index is 677. The molecular formula is C15H18N2O5. The van der Waals surface area contributed by atoms with Crippen molar-refractivity contribution in [3.8, 4) is 23.3 Å². The first-order valence-corrected chi connectivity index (χ1v) is 7.02. The molecule has 2 aromatic rings. The summed E-state index contributed by atoms with van der Waals surface area (Å²) in [6.07, 6.45) is 0.239.